The zero-order chi connectivity index (χ0) is 30.3. The van der Waals surface area contributed by atoms with E-state index < -0.39 is 28.7 Å². The summed E-state index contributed by atoms with van der Waals surface area (Å²) < 4.78 is 4.76. The topological polar surface area (TPSA) is 87.2 Å². The highest BCUT2D eigenvalue weighted by Gasteiger charge is 2.71. The van der Waals surface area contributed by atoms with E-state index in [1.54, 1.807) is 9.80 Å². The minimum absolute atomic E-state index is 0.207. The summed E-state index contributed by atoms with van der Waals surface area (Å²) in [5.41, 5.74) is 1.70. The number of amides is 2. The van der Waals surface area contributed by atoms with Crippen LogP contribution in [0.4, 0.5) is 5.69 Å². The molecule has 8 heteroatoms. The fourth-order valence-corrected chi connectivity index (χ4v) is 9.45. The van der Waals surface area contributed by atoms with Crippen molar-refractivity contribution in [2.24, 2.45) is 11.8 Å². The summed E-state index contributed by atoms with van der Waals surface area (Å²) in [6.07, 6.45) is 11.1. The summed E-state index contributed by atoms with van der Waals surface area (Å²) in [6, 6.07) is 22.1. The summed E-state index contributed by atoms with van der Waals surface area (Å²) >= 11 is 1.53. The lowest BCUT2D eigenvalue weighted by Gasteiger charge is -2.38. The molecule has 7 nitrogen and oxygen atoms in total. The van der Waals surface area contributed by atoms with Gasteiger partial charge in [-0.25, -0.2) is 0 Å². The Labute approximate surface area is 261 Å². The number of thioether (sulfide) groups is 1. The van der Waals surface area contributed by atoms with Crippen molar-refractivity contribution in [1.82, 2.24) is 4.90 Å². The second-order valence-corrected chi connectivity index (χ2v) is 13.6. The lowest BCUT2D eigenvalue weighted by molar-refractivity contribution is -0.153. The molecule has 2 saturated heterocycles. The molecule has 1 spiro atoms. The van der Waals surface area contributed by atoms with Crippen LogP contribution in [0.2, 0.25) is 0 Å². The normalized spacial score (nSPS) is 29.9. The third-order valence-corrected chi connectivity index (χ3v) is 11.2. The first-order chi connectivity index (χ1) is 21.5. The van der Waals surface area contributed by atoms with Crippen molar-refractivity contribution in [3.8, 4) is 0 Å². The molecule has 0 saturated carbocycles. The molecule has 4 heterocycles. The molecule has 1 unspecified atom stereocenters. The summed E-state index contributed by atoms with van der Waals surface area (Å²) in [5, 5.41) is 12.6. The number of cyclic esters (lactones) is 1. The molecule has 226 valence electrons. The highest BCUT2D eigenvalue weighted by Crippen LogP contribution is 2.61. The second kappa shape index (κ2) is 11.9. The van der Waals surface area contributed by atoms with Crippen LogP contribution < -0.4 is 4.90 Å². The van der Waals surface area contributed by atoms with Gasteiger partial charge in [0.05, 0.1) is 35.8 Å². The van der Waals surface area contributed by atoms with E-state index in [1.807, 2.05) is 91.0 Å². The van der Waals surface area contributed by atoms with Crippen molar-refractivity contribution in [2.45, 2.75) is 47.8 Å². The van der Waals surface area contributed by atoms with Gasteiger partial charge in [0.25, 0.3) is 5.91 Å². The number of rotatable bonds is 5. The number of anilines is 1. The Morgan fingerprint density at radius 2 is 1.73 bits per heavy atom. The molecule has 2 fully saturated rings. The van der Waals surface area contributed by atoms with Gasteiger partial charge in [0.2, 0.25) is 5.91 Å². The van der Waals surface area contributed by atoms with Gasteiger partial charge in [-0.1, -0.05) is 85.0 Å². The van der Waals surface area contributed by atoms with Gasteiger partial charge in [-0.05, 0) is 54.2 Å². The number of ether oxygens (including phenoxy) is 1. The van der Waals surface area contributed by atoms with Gasteiger partial charge < -0.3 is 19.6 Å². The zero-order valence-electron chi connectivity index (χ0n) is 24.5. The van der Waals surface area contributed by atoms with E-state index in [1.165, 1.54) is 11.8 Å². The van der Waals surface area contributed by atoms with Crippen LogP contribution in [0.25, 0.3) is 10.8 Å². The third-order valence-electron chi connectivity index (χ3n) is 9.50. The van der Waals surface area contributed by atoms with E-state index in [4.69, 9.17) is 4.74 Å². The number of allylic oxidation sites excluding steroid dienone is 1. The number of aliphatic hydroxyl groups is 1. The quantitative estimate of drug-likeness (QED) is 0.327. The van der Waals surface area contributed by atoms with Gasteiger partial charge in [0, 0.05) is 17.5 Å². The van der Waals surface area contributed by atoms with Crippen molar-refractivity contribution in [1.29, 1.82) is 0 Å². The molecule has 6 atom stereocenters. The van der Waals surface area contributed by atoms with Crippen LogP contribution in [0.15, 0.2) is 97.1 Å². The maximum Gasteiger partial charge on any atom is 0.311 e. The molecule has 0 bridgehead atoms. The first-order valence-electron chi connectivity index (χ1n) is 15.5. The minimum atomic E-state index is -0.989. The van der Waals surface area contributed by atoms with Gasteiger partial charge >= 0.3 is 5.97 Å². The summed E-state index contributed by atoms with van der Waals surface area (Å²) in [4.78, 5) is 46.7. The Morgan fingerprint density at radius 3 is 2.55 bits per heavy atom. The molecule has 4 aliphatic rings. The van der Waals surface area contributed by atoms with E-state index in [2.05, 4.69) is 6.08 Å². The number of benzene rings is 3. The highest BCUT2D eigenvalue weighted by molar-refractivity contribution is 8.02. The van der Waals surface area contributed by atoms with Gasteiger partial charge in [-0.2, -0.15) is 0 Å². The van der Waals surface area contributed by atoms with Crippen LogP contribution in [0.1, 0.15) is 24.8 Å². The van der Waals surface area contributed by atoms with Crippen molar-refractivity contribution in [3.63, 3.8) is 0 Å². The molecule has 4 aliphatic heterocycles. The first-order valence-corrected chi connectivity index (χ1v) is 16.4. The van der Waals surface area contributed by atoms with Crippen LogP contribution in [-0.4, -0.2) is 69.6 Å². The highest BCUT2D eigenvalue weighted by atomic mass is 32.2. The summed E-state index contributed by atoms with van der Waals surface area (Å²) in [6.45, 7) is 0.345. The first kappa shape index (κ1) is 28.9. The van der Waals surface area contributed by atoms with E-state index in [0.717, 1.165) is 41.3 Å². The lowest BCUT2D eigenvalue weighted by Crippen LogP contribution is -2.57. The van der Waals surface area contributed by atoms with Crippen molar-refractivity contribution < 1.29 is 24.2 Å². The molecular weight excluding hydrogens is 572 g/mol. The number of carbonyl (C=O) groups excluding carboxylic acids is 3. The fourth-order valence-electron chi connectivity index (χ4n) is 7.46. The van der Waals surface area contributed by atoms with E-state index >= 15 is 0 Å². The molecule has 0 aliphatic carbocycles. The number of hydrogen-bond acceptors (Lipinski definition) is 6. The van der Waals surface area contributed by atoms with E-state index in [9.17, 15) is 19.5 Å². The van der Waals surface area contributed by atoms with Gasteiger partial charge in [-0.15, -0.1) is 11.8 Å². The Bertz CT molecular complexity index is 1640. The SMILES string of the molecule is O=C1OCCCC/C=C\[C@H]2S[C@]34C=CCN(c5ccc6ccccc6c5)C(=O)C3N([C@@H](CO)Cc3ccccc3)C(=O)[C@@H]4[C@@H]12. The van der Waals surface area contributed by atoms with Crippen LogP contribution in [0.5, 0.6) is 0 Å². The lowest BCUT2D eigenvalue weighted by atomic mass is 9.78. The third kappa shape index (κ3) is 4.85. The van der Waals surface area contributed by atoms with Crippen molar-refractivity contribution >= 4 is 46.0 Å². The fraction of sp³-hybridized carbons (Fsp3) is 0.361. The monoisotopic (exact) mass is 608 g/mol. The predicted octanol–water partition coefficient (Wildman–Crippen LogP) is 4.93. The largest absolute Gasteiger partial charge is 0.465 e. The Balaban J connectivity index is 1.35. The molecular formula is C36H36N2O5S. The Morgan fingerprint density at radius 1 is 0.932 bits per heavy atom. The summed E-state index contributed by atoms with van der Waals surface area (Å²) in [7, 11) is 0. The number of carbonyl (C=O) groups is 3. The Kier molecular flexibility index (Phi) is 7.81. The van der Waals surface area contributed by atoms with E-state index in [0.29, 0.717) is 19.6 Å². The molecule has 7 rings (SSSR count). The van der Waals surface area contributed by atoms with E-state index in [-0.39, 0.29) is 29.6 Å². The number of hydrogen-bond donors (Lipinski definition) is 1. The van der Waals surface area contributed by atoms with Gasteiger partial charge in [-0.3, -0.25) is 14.4 Å². The van der Waals surface area contributed by atoms with Crippen LogP contribution in [-0.2, 0) is 25.5 Å². The van der Waals surface area contributed by atoms with Gasteiger partial charge in [0.1, 0.15) is 6.04 Å². The molecule has 0 aromatic heterocycles. The maximum atomic E-state index is 14.9. The molecule has 2 amide bonds. The molecule has 3 aromatic rings. The molecule has 1 N–H and O–H groups in total. The average Bonchev–Trinajstić information content (AvgIpc) is 3.44. The number of likely N-dealkylation sites (tertiary alicyclic amines) is 1. The smallest absolute Gasteiger partial charge is 0.311 e. The van der Waals surface area contributed by atoms with Crippen LogP contribution in [0, 0.1) is 11.8 Å². The molecule has 44 heavy (non-hydrogen) atoms. The van der Waals surface area contributed by atoms with Crippen LogP contribution >= 0.6 is 11.8 Å². The zero-order valence-corrected chi connectivity index (χ0v) is 25.3. The number of nitrogens with zero attached hydrogens (tertiary/aromatic N) is 2. The van der Waals surface area contributed by atoms with Gasteiger partial charge in [0.15, 0.2) is 0 Å². The number of aliphatic hydroxyl groups excluding tert-OH is 1. The predicted molar refractivity (Wildman–Crippen MR) is 172 cm³/mol. The van der Waals surface area contributed by atoms with Crippen molar-refractivity contribution in [2.75, 3.05) is 24.7 Å². The number of fused-ring (bicyclic) bond motifs is 3. The molecule has 0 radical (unpaired) electrons. The average molecular weight is 609 g/mol. The second-order valence-electron chi connectivity index (χ2n) is 12.1. The maximum absolute atomic E-state index is 14.9. The number of esters is 1. The summed E-state index contributed by atoms with van der Waals surface area (Å²) in [5.74, 6) is -2.38. The van der Waals surface area contributed by atoms with Crippen LogP contribution in [0.3, 0.4) is 0 Å². The Hall–Kier alpha value is -3.88. The molecule has 3 aromatic carbocycles. The minimum Gasteiger partial charge on any atom is -0.465 e. The standard InChI is InChI=1S/C36H36N2O5S/c39-23-28(21-24-11-4-3-5-12-24)38-32-34(41)37(27-17-16-25-13-7-8-14-26(25)22-27)19-10-18-36(32)31(33(38)40)30-29(44-36)15-6-1-2-9-20-43-35(30)42/h3-8,10-18,22,28-32,39H,1-2,9,19-21,23H2/b15-6-/t28-,29-,30+,31+,32?,36+/m1/s1. The van der Waals surface area contributed by atoms with Crippen molar-refractivity contribution in [3.05, 3.63) is 103 Å².